The molecule has 4 heterocycles. The Labute approximate surface area is 169 Å². The summed E-state index contributed by atoms with van der Waals surface area (Å²) in [4.78, 5) is 28.9. The van der Waals surface area contributed by atoms with Gasteiger partial charge in [-0.15, -0.1) is 0 Å². The molecule has 1 aromatic rings. The second-order valence-corrected chi connectivity index (χ2v) is 9.04. The van der Waals surface area contributed by atoms with E-state index in [1.165, 1.54) is 12.8 Å². The normalized spacial score (nSPS) is 24.9. The van der Waals surface area contributed by atoms with Crippen molar-refractivity contribution >= 4 is 11.7 Å². The minimum atomic E-state index is 0.223. The van der Waals surface area contributed by atoms with Crippen LogP contribution in [0.4, 0.5) is 5.82 Å². The summed E-state index contributed by atoms with van der Waals surface area (Å²) in [5, 5.41) is 0. The zero-order chi connectivity index (χ0) is 19.5. The van der Waals surface area contributed by atoms with Crippen molar-refractivity contribution in [2.75, 3.05) is 44.2 Å². The Morgan fingerprint density at radius 3 is 2.46 bits per heavy atom. The second-order valence-electron chi connectivity index (χ2n) is 9.04. The van der Waals surface area contributed by atoms with Gasteiger partial charge < -0.3 is 9.80 Å². The Morgan fingerprint density at radius 1 is 1.00 bits per heavy atom. The Morgan fingerprint density at radius 2 is 1.75 bits per heavy atom. The largest absolute Gasteiger partial charge is 0.356 e. The quantitative estimate of drug-likeness (QED) is 0.798. The first-order valence-electron chi connectivity index (χ1n) is 11.2. The first-order chi connectivity index (χ1) is 13.6. The molecular weight excluding hydrogens is 350 g/mol. The fraction of sp³-hybridized carbons (Fsp3) is 0.773. The van der Waals surface area contributed by atoms with Gasteiger partial charge >= 0.3 is 0 Å². The maximum absolute atomic E-state index is 12.8. The average molecular weight is 386 g/mol. The van der Waals surface area contributed by atoms with E-state index in [9.17, 15) is 4.79 Å². The predicted molar refractivity (Wildman–Crippen MR) is 111 cm³/mol. The molecule has 3 aliphatic rings. The van der Waals surface area contributed by atoms with Crippen molar-refractivity contribution in [1.82, 2.24) is 19.8 Å². The van der Waals surface area contributed by atoms with Gasteiger partial charge in [0, 0.05) is 50.5 Å². The summed E-state index contributed by atoms with van der Waals surface area (Å²) in [6.45, 7) is 10.5. The van der Waals surface area contributed by atoms with Gasteiger partial charge in [-0.1, -0.05) is 13.8 Å². The minimum Gasteiger partial charge on any atom is -0.356 e. The number of aromatic nitrogens is 2. The highest BCUT2D eigenvalue weighted by Crippen LogP contribution is 2.28. The maximum atomic E-state index is 12.8. The summed E-state index contributed by atoms with van der Waals surface area (Å²) in [6, 6.07) is 2.76. The molecule has 28 heavy (non-hydrogen) atoms. The van der Waals surface area contributed by atoms with Crippen LogP contribution in [0.15, 0.2) is 12.4 Å². The molecule has 6 nitrogen and oxygen atoms in total. The molecule has 0 N–H and O–H groups in total. The third kappa shape index (κ3) is 4.32. The summed E-state index contributed by atoms with van der Waals surface area (Å²) in [6.07, 6.45) is 8.62. The highest BCUT2D eigenvalue weighted by Gasteiger charge is 2.34. The van der Waals surface area contributed by atoms with Crippen LogP contribution in [0, 0.1) is 5.92 Å². The molecular formula is C22H35N5O. The van der Waals surface area contributed by atoms with E-state index in [4.69, 9.17) is 0 Å². The Bertz CT molecular complexity index is 665. The minimum absolute atomic E-state index is 0.223. The highest BCUT2D eigenvalue weighted by atomic mass is 16.2. The van der Waals surface area contributed by atoms with Gasteiger partial charge in [-0.05, 0) is 51.0 Å². The summed E-state index contributed by atoms with van der Waals surface area (Å²) in [5.74, 6) is 2.14. The van der Waals surface area contributed by atoms with E-state index < -0.39 is 0 Å². The predicted octanol–water partition coefficient (Wildman–Crippen LogP) is 2.90. The molecule has 3 saturated heterocycles. The van der Waals surface area contributed by atoms with Crippen LogP contribution >= 0.6 is 0 Å². The molecule has 0 aromatic carbocycles. The van der Waals surface area contributed by atoms with Crippen LogP contribution in [-0.4, -0.2) is 71.0 Å². The molecule has 1 aromatic heterocycles. The van der Waals surface area contributed by atoms with Gasteiger partial charge in [0.25, 0.3) is 0 Å². The summed E-state index contributed by atoms with van der Waals surface area (Å²) in [5.41, 5.74) is 1.12. The first kappa shape index (κ1) is 19.6. The molecule has 0 bridgehead atoms. The number of hydrogen-bond donors (Lipinski definition) is 0. The molecule has 0 radical (unpaired) electrons. The zero-order valence-corrected chi connectivity index (χ0v) is 17.5. The van der Waals surface area contributed by atoms with Crippen LogP contribution in [-0.2, 0) is 4.79 Å². The van der Waals surface area contributed by atoms with Crippen LogP contribution < -0.4 is 4.90 Å². The van der Waals surface area contributed by atoms with E-state index in [1.54, 1.807) is 6.33 Å². The fourth-order valence-corrected chi connectivity index (χ4v) is 5.05. The van der Waals surface area contributed by atoms with Crippen molar-refractivity contribution in [3.05, 3.63) is 18.1 Å². The number of amides is 1. The van der Waals surface area contributed by atoms with E-state index in [0.717, 1.165) is 76.5 Å². The number of likely N-dealkylation sites (tertiary alicyclic amines) is 2. The lowest BCUT2D eigenvalue weighted by molar-refractivity contribution is -0.136. The lowest BCUT2D eigenvalue weighted by Crippen LogP contribution is -2.51. The molecule has 154 valence electrons. The number of piperidine rings is 2. The van der Waals surface area contributed by atoms with Gasteiger partial charge in [-0.3, -0.25) is 9.69 Å². The van der Waals surface area contributed by atoms with E-state index >= 15 is 0 Å². The highest BCUT2D eigenvalue weighted by molar-refractivity contribution is 5.79. The maximum Gasteiger partial charge on any atom is 0.226 e. The van der Waals surface area contributed by atoms with Crippen molar-refractivity contribution in [3.63, 3.8) is 0 Å². The Hall–Kier alpha value is -1.69. The van der Waals surface area contributed by atoms with Crippen LogP contribution in [0.25, 0.3) is 0 Å². The Kier molecular flexibility index (Phi) is 6.14. The van der Waals surface area contributed by atoms with Crippen LogP contribution in [0.2, 0.25) is 0 Å². The van der Waals surface area contributed by atoms with E-state index in [2.05, 4.69) is 44.6 Å². The standard InChI is InChI=1S/C22H35N5O/c1-17(2)20-14-21(24-16-23-20)25-12-7-19(8-13-25)27-11-5-6-18(15-27)22(28)26-9-3-4-10-26/h14,16-19H,3-13,15H2,1-2H3/t18-/m1/s1. The van der Waals surface area contributed by atoms with Crippen molar-refractivity contribution < 1.29 is 4.79 Å². The molecule has 3 fully saturated rings. The van der Waals surface area contributed by atoms with Gasteiger partial charge in [0.1, 0.15) is 12.1 Å². The average Bonchev–Trinajstić information content (AvgIpc) is 3.28. The van der Waals surface area contributed by atoms with E-state index in [0.29, 0.717) is 17.9 Å². The molecule has 0 aliphatic carbocycles. The van der Waals surface area contributed by atoms with Crippen LogP contribution in [0.3, 0.4) is 0 Å². The lowest BCUT2D eigenvalue weighted by atomic mass is 9.93. The van der Waals surface area contributed by atoms with E-state index in [1.807, 2.05) is 0 Å². The zero-order valence-electron chi connectivity index (χ0n) is 17.5. The monoisotopic (exact) mass is 385 g/mol. The number of carbonyl (C=O) groups excluding carboxylic acids is 1. The topological polar surface area (TPSA) is 52.6 Å². The van der Waals surface area contributed by atoms with Crippen LogP contribution in [0.1, 0.15) is 64.0 Å². The number of carbonyl (C=O) groups is 1. The smallest absolute Gasteiger partial charge is 0.226 e. The van der Waals surface area contributed by atoms with Gasteiger partial charge in [0.2, 0.25) is 5.91 Å². The number of hydrogen-bond acceptors (Lipinski definition) is 5. The van der Waals surface area contributed by atoms with Crippen molar-refractivity contribution in [2.45, 2.75) is 64.3 Å². The molecule has 0 saturated carbocycles. The molecule has 4 rings (SSSR count). The number of rotatable bonds is 4. The summed E-state index contributed by atoms with van der Waals surface area (Å²) in [7, 11) is 0. The lowest BCUT2D eigenvalue weighted by Gasteiger charge is -2.42. The van der Waals surface area contributed by atoms with Gasteiger partial charge in [0.05, 0.1) is 5.92 Å². The van der Waals surface area contributed by atoms with E-state index in [-0.39, 0.29) is 5.92 Å². The fourth-order valence-electron chi connectivity index (χ4n) is 5.05. The molecule has 6 heteroatoms. The van der Waals surface area contributed by atoms with Gasteiger partial charge in [-0.2, -0.15) is 0 Å². The van der Waals surface area contributed by atoms with Crippen molar-refractivity contribution in [2.24, 2.45) is 5.92 Å². The van der Waals surface area contributed by atoms with Crippen molar-refractivity contribution in [3.8, 4) is 0 Å². The second kappa shape index (κ2) is 8.76. The number of anilines is 1. The molecule has 1 amide bonds. The van der Waals surface area contributed by atoms with Crippen LogP contribution in [0.5, 0.6) is 0 Å². The molecule has 0 spiro atoms. The third-order valence-electron chi connectivity index (χ3n) is 6.79. The van der Waals surface area contributed by atoms with Crippen molar-refractivity contribution in [1.29, 1.82) is 0 Å². The van der Waals surface area contributed by atoms with Gasteiger partial charge in [0.15, 0.2) is 0 Å². The summed E-state index contributed by atoms with van der Waals surface area (Å²) < 4.78 is 0. The first-order valence-corrected chi connectivity index (χ1v) is 11.2. The van der Waals surface area contributed by atoms with Gasteiger partial charge in [-0.25, -0.2) is 9.97 Å². The third-order valence-corrected chi connectivity index (χ3v) is 6.79. The SMILES string of the molecule is CC(C)c1cc(N2CCC(N3CCC[C@@H](C(=O)N4CCCC4)C3)CC2)ncn1. The summed E-state index contributed by atoms with van der Waals surface area (Å²) >= 11 is 0. The molecule has 3 aliphatic heterocycles. The molecule has 1 atom stereocenters. The number of nitrogens with zero attached hydrogens (tertiary/aromatic N) is 5. The molecule has 0 unspecified atom stereocenters. The Balaban J connectivity index is 1.32.